The number of benzene rings is 1. The van der Waals surface area contributed by atoms with Gasteiger partial charge >= 0.3 is 0 Å². The number of aliphatic imine (C=N–C) groups is 1. The summed E-state index contributed by atoms with van der Waals surface area (Å²) < 4.78 is 26.4. The zero-order valence-electron chi connectivity index (χ0n) is 7.28. The van der Waals surface area contributed by atoms with Crippen molar-refractivity contribution in [1.82, 2.24) is 4.72 Å². The topological polar surface area (TPSA) is 58.5 Å². The summed E-state index contributed by atoms with van der Waals surface area (Å²) in [7, 11) is -1.81. The maximum Gasteiger partial charge on any atom is 0.263 e. The van der Waals surface area contributed by atoms with Gasteiger partial charge in [0.1, 0.15) is 5.84 Å². The van der Waals surface area contributed by atoms with Gasteiger partial charge in [0, 0.05) is 10.6 Å². The molecular formula is C8H7IN2O2S. The molecule has 0 saturated carbocycles. The Labute approximate surface area is 95.6 Å². The molecule has 2 rings (SSSR count). The zero-order valence-corrected chi connectivity index (χ0v) is 10.3. The third-order valence-electron chi connectivity index (χ3n) is 1.96. The number of nitrogens with one attached hydrogen (secondary N) is 1. The van der Waals surface area contributed by atoms with Crippen LogP contribution in [-0.4, -0.2) is 21.3 Å². The maximum atomic E-state index is 11.6. The van der Waals surface area contributed by atoms with Crippen molar-refractivity contribution in [2.75, 3.05) is 7.05 Å². The molecule has 74 valence electrons. The summed E-state index contributed by atoms with van der Waals surface area (Å²) in [5, 5.41) is 0. The van der Waals surface area contributed by atoms with Crippen molar-refractivity contribution in [1.29, 1.82) is 0 Å². The van der Waals surface area contributed by atoms with Crippen molar-refractivity contribution in [3.63, 3.8) is 0 Å². The molecule has 0 saturated heterocycles. The maximum absolute atomic E-state index is 11.6. The number of halogens is 1. The summed E-state index contributed by atoms with van der Waals surface area (Å²) >= 11 is 2.10. The van der Waals surface area contributed by atoms with Crippen LogP contribution in [0.25, 0.3) is 0 Å². The van der Waals surface area contributed by atoms with E-state index in [1.807, 2.05) is 6.07 Å². The molecule has 0 bridgehead atoms. The molecular weight excluding hydrogens is 315 g/mol. The summed E-state index contributed by atoms with van der Waals surface area (Å²) in [6.07, 6.45) is 0. The second-order valence-electron chi connectivity index (χ2n) is 2.79. The molecule has 0 aliphatic carbocycles. The zero-order chi connectivity index (χ0) is 10.3. The fraction of sp³-hybridized carbons (Fsp3) is 0.125. The lowest BCUT2D eigenvalue weighted by atomic mass is 10.2. The third kappa shape index (κ3) is 1.33. The van der Waals surface area contributed by atoms with Crippen LogP contribution in [0.2, 0.25) is 0 Å². The molecule has 0 fully saturated rings. The Morgan fingerprint density at radius 2 is 2.14 bits per heavy atom. The highest BCUT2D eigenvalue weighted by Crippen LogP contribution is 2.26. The van der Waals surface area contributed by atoms with Gasteiger partial charge in [-0.05, 0) is 34.7 Å². The number of amidine groups is 1. The van der Waals surface area contributed by atoms with E-state index < -0.39 is 10.0 Å². The Kier molecular flexibility index (Phi) is 2.26. The SMILES string of the molecule is CN=C1NS(=O)(=O)c2cccc(I)c21. The molecule has 1 N–H and O–H groups in total. The molecule has 1 aliphatic rings. The Bertz CT molecular complexity index is 522. The quantitative estimate of drug-likeness (QED) is 0.724. The molecule has 0 aromatic heterocycles. The van der Waals surface area contributed by atoms with Gasteiger partial charge in [0.05, 0.1) is 10.5 Å². The van der Waals surface area contributed by atoms with Crippen molar-refractivity contribution >= 4 is 38.4 Å². The highest BCUT2D eigenvalue weighted by Gasteiger charge is 2.31. The van der Waals surface area contributed by atoms with E-state index in [0.29, 0.717) is 16.3 Å². The minimum absolute atomic E-state index is 0.310. The number of fused-ring (bicyclic) bond motifs is 1. The standard InChI is InChI=1S/C8H7IN2O2S/c1-10-8-7-5(9)3-2-4-6(7)14(12,13)11-8/h2-4H,1H3,(H,10,11). The second-order valence-corrected chi connectivity index (χ2v) is 5.60. The highest BCUT2D eigenvalue weighted by molar-refractivity contribution is 14.1. The normalized spacial score (nSPS) is 20.6. The molecule has 14 heavy (non-hydrogen) atoms. The van der Waals surface area contributed by atoms with Crippen LogP contribution in [0, 0.1) is 3.57 Å². The average Bonchev–Trinajstić information content (AvgIpc) is 2.40. The van der Waals surface area contributed by atoms with Crippen molar-refractivity contribution in [2.45, 2.75) is 4.90 Å². The lowest BCUT2D eigenvalue weighted by Crippen LogP contribution is -2.22. The predicted octanol–water partition coefficient (Wildman–Crippen LogP) is 0.959. The van der Waals surface area contributed by atoms with E-state index in [2.05, 4.69) is 32.3 Å². The number of nitrogens with zero attached hydrogens (tertiary/aromatic N) is 1. The number of hydrogen-bond acceptors (Lipinski definition) is 3. The second kappa shape index (κ2) is 3.20. The first kappa shape index (κ1) is 9.91. The van der Waals surface area contributed by atoms with Crippen LogP contribution in [0.1, 0.15) is 5.56 Å². The van der Waals surface area contributed by atoms with Gasteiger partial charge in [-0.1, -0.05) is 6.07 Å². The molecule has 4 nitrogen and oxygen atoms in total. The molecule has 6 heteroatoms. The summed E-state index contributed by atoms with van der Waals surface area (Å²) in [5.74, 6) is 0.421. The van der Waals surface area contributed by atoms with Gasteiger partial charge in [0.15, 0.2) is 0 Å². The van der Waals surface area contributed by atoms with Crippen LogP contribution in [0.15, 0.2) is 28.1 Å². The lowest BCUT2D eigenvalue weighted by molar-refractivity contribution is 0.595. The van der Waals surface area contributed by atoms with E-state index in [4.69, 9.17) is 0 Å². The summed E-state index contributed by atoms with van der Waals surface area (Å²) in [6, 6.07) is 5.16. The predicted molar refractivity (Wildman–Crippen MR) is 61.9 cm³/mol. The Morgan fingerprint density at radius 1 is 1.43 bits per heavy atom. The van der Waals surface area contributed by atoms with Crippen LogP contribution in [-0.2, 0) is 10.0 Å². The van der Waals surface area contributed by atoms with E-state index in [0.717, 1.165) is 3.57 Å². The number of sulfonamides is 1. The Balaban J connectivity index is 2.85. The van der Waals surface area contributed by atoms with E-state index in [1.54, 1.807) is 19.2 Å². The first-order valence-corrected chi connectivity index (χ1v) is 6.41. The molecule has 0 radical (unpaired) electrons. The largest absolute Gasteiger partial charge is 0.271 e. The van der Waals surface area contributed by atoms with E-state index in [-0.39, 0.29) is 0 Å². The number of rotatable bonds is 0. The molecule has 1 heterocycles. The molecule has 0 atom stereocenters. The van der Waals surface area contributed by atoms with Crippen molar-refractivity contribution in [3.8, 4) is 0 Å². The van der Waals surface area contributed by atoms with Crippen molar-refractivity contribution < 1.29 is 8.42 Å². The third-order valence-corrected chi connectivity index (χ3v) is 4.24. The average molecular weight is 322 g/mol. The molecule has 1 aromatic carbocycles. The summed E-state index contributed by atoms with van der Waals surface area (Å²) in [6.45, 7) is 0. The van der Waals surface area contributed by atoms with E-state index in [9.17, 15) is 8.42 Å². The van der Waals surface area contributed by atoms with Crippen LogP contribution in [0.3, 0.4) is 0 Å². The molecule has 0 amide bonds. The highest BCUT2D eigenvalue weighted by atomic mass is 127. The molecule has 1 aliphatic heterocycles. The van der Waals surface area contributed by atoms with Gasteiger partial charge < -0.3 is 0 Å². The fourth-order valence-corrected chi connectivity index (χ4v) is 3.58. The fourth-order valence-electron chi connectivity index (χ4n) is 1.35. The monoisotopic (exact) mass is 322 g/mol. The van der Waals surface area contributed by atoms with Crippen LogP contribution in [0.5, 0.6) is 0 Å². The Hall–Kier alpha value is -0.630. The van der Waals surface area contributed by atoms with Crippen molar-refractivity contribution in [2.24, 2.45) is 4.99 Å². The smallest absolute Gasteiger partial charge is 0.263 e. The van der Waals surface area contributed by atoms with Crippen LogP contribution < -0.4 is 4.72 Å². The van der Waals surface area contributed by atoms with E-state index >= 15 is 0 Å². The van der Waals surface area contributed by atoms with E-state index in [1.165, 1.54) is 0 Å². The van der Waals surface area contributed by atoms with Crippen LogP contribution in [0.4, 0.5) is 0 Å². The summed E-state index contributed by atoms with van der Waals surface area (Å²) in [5.41, 5.74) is 0.676. The number of hydrogen-bond donors (Lipinski definition) is 1. The minimum atomic E-state index is -3.37. The van der Waals surface area contributed by atoms with Gasteiger partial charge in [-0.25, -0.2) is 8.42 Å². The van der Waals surface area contributed by atoms with Gasteiger partial charge in [-0.2, -0.15) is 0 Å². The first-order valence-electron chi connectivity index (χ1n) is 3.85. The first-order chi connectivity index (χ1) is 6.56. The van der Waals surface area contributed by atoms with Gasteiger partial charge in [-0.3, -0.25) is 9.71 Å². The van der Waals surface area contributed by atoms with Gasteiger partial charge in [0.2, 0.25) is 0 Å². The molecule has 1 aromatic rings. The van der Waals surface area contributed by atoms with Crippen LogP contribution >= 0.6 is 22.6 Å². The molecule has 0 spiro atoms. The summed E-state index contributed by atoms with van der Waals surface area (Å²) in [4.78, 5) is 4.22. The van der Waals surface area contributed by atoms with Gasteiger partial charge in [-0.15, -0.1) is 0 Å². The van der Waals surface area contributed by atoms with Gasteiger partial charge in [0.25, 0.3) is 10.0 Å². The molecule has 0 unspecified atom stereocenters. The minimum Gasteiger partial charge on any atom is -0.271 e. The van der Waals surface area contributed by atoms with Crippen molar-refractivity contribution in [3.05, 3.63) is 27.3 Å². The Morgan fingerprint density at radius 3 is 2.79 bits per heavy atom. The lowest BCUT2D eigenvalue weighted by Gasteiger charge is -1.97.